The third kappa shape index (κ3) is 1.29. The first-order valence-corrected chi connectivity index (χ1v) is 6.08. The Morgan fingerprint density at radius 1 is 1.44 bits per heavy atom. The molecule has 2 unspecified atom stereocenters. The molecular weight excluding hydrogens is 198 g/mol. The number of methoxy groups -OCH3 is 1. The number of fused-ring (bicyclic) bond motifs is 1. The van der Waals surface area contributed by atoms with Gasteiger partial charge in [-0.2, -0.15) is 0 Å². The summed E-state index contributed by atoms with van der Waals surface area (Å²) in [5.74, 6) is 1.86. The third-order valence-electron chi connectivity index (χ3n) is 4.45. The van der Waals surface area contributed by atoms with Gasteiger partial charge in [-0.1, -0.05) is 12.1 Å². The molecule has 2 nitrogen and oxygen atoms in total. The lowest BCUT2D eigenvalue weighted by Gasteiger charge is -2.45. The van der Waals surface area contributed by atoms with Crippen LogP contribution in [0.25, 0.3) is 0 Å². The van der Waals surface area contributed by atoms with Gasteiger partial charge in [-0.15, -0.1) is 0 Å². The second-order valence-corrected chi connectivity index (χ2v) is 5.32. The van der Waals surface area contributed by atoms with Gasteiger partial charge in [0.2, 0.25) is 0 Å². The zero-order chi connectivity index (χ0) is 11.2. The van der Waals surface area contributed by atoms with Crippen molar-refractivity contribution in [3.8, 4) is 5.75 Å². The predicted octanol–water partition coefficient (Wildman–Crippen LogP) is 2.29. The van der Waals surface area contributed by atoms with Crippen LogP contribution in [0.1, 0.15) is 18.4 Å². The zero-order valence-corrected chi connectivity index (χ0v) is 10.1. The molecule has 0 aromatic heterocycles. The maximum absolute atomic E-state index is 5.33. The number of benzene rings is 1. The maximum atomic E-state index is 5.33. The van der Waals surface area contributed by atoms with E-state index < -0.39 is 0 Å². The Balaban J connectivity index is 1.96. The van der Waals surface area contributed by atoms with Gasteiger partial charge in [-0.25, -0.2) is 0 Å². The Hall–Kier alpha value is -1.02. The van der Waals surface area contributed by atoms with E-state index in [2.05, 4.69) is 30.1 Å². The van der Waals surface area contributed by atoms with E-state index in [0.717, 1.165) is 11.7 Å². The number of hydrogen-bond acceptors (Lipinski definition) is 2. The maximum Gasteiger partial charge on any atom is 0.119 e. The fourth-order valence-electron chi connectivity index (χ4n) is 3.50. The molecule has 86 valence electrons. The van der Waals surface area contributed by atoms with Gasteiger partial charge in [-0.3, -0.25) is 0 Å². The van der Waals surface area contributed by atoms with Crippen molar-refractivity contribution in [1.82, 2.24) is 4.90 Å². The van der Waals surface area contributed by atoms with Gasteiger partial charge in [0.05, 0.1) is 7.11 Å². The van der Waals surface area contributed by atoms with Crippen molar-refractivity contribution in [2.45, 2.75) is 18.3 Å². The molecule has 1 aromatic carbocycles. The van der Waals surface area contributed by atoms with E-state index in [-0.39, 0.29) is 0 Å². The van der Waals surface area contributed by atoms with Gasteiger partial charge in [-0.05, 0) is 43.5 Å². The van der Waals surface area contributed by atoms with Crippen molar-refractivity contribution in [2.75, 3.05) is 27.2 Å². The summed E-state index contributed by atoms with van der Waals surface area (Å²) in [5.41, 5.74) is 1.91. The molecule has 1 heterocycles. The molecule has 2 aliphatic rings. The molecule has 16 heavy (non-hydrogen) atoms. The highest BCUT2D eigenvalue weighted by Gasteiger charge is 2.52. The van der Waals surface area contributed by atoms with Crippen LogP contribution >= 0.6 is 0 Å². The number of likely N-dealkylation sites (N-methyl/N-ethyl adjacent to an activating group) is 1. The Bertz CT molecular complexity index is 403. The van der Waals surface area contributed by atoms with Crippen LogP contribution in [0.5, 0.6) is 5.75 Å². The first-order valence-electron chi connectivity index (χ1n) is 6.08. The monoisotopic (exact) mass is 217 g/mol. The molecule has 1 aliphatic heterocycles. The van der Waals surface area contributed by atoms with Crippen molar-refractivity contribution in [3.05, 3.63) is 29.8 Å². The highest BCUT2D eigenvalue weighted by Crippen LogP contribution is 2.53. The third-order valence-corrected chi connectivity index (χ3v) is 4.45. The van der Waals surface area contributed by atoms with Crippen molar-refractivity contribution in [1.29, 1.82) is 0 Å². The molecule has 0 bridgehead atoms. The fourth-order valence-corrected chi connectivity index (χ4v) is 3.50. The van der Waals surface area contributed by atoms with Crippen LogP contribution in [-0.2, 0) is 5.41 Å². The molecule has 0 N–H and O–H groups in total. The molecular formula is C14H19NO. The van der Waals surface area contributed by atoms with Gasteiger partial charge in [0.15, 0.2) is 0 Å². The van der Waals surface area contributed by atoms with Gasteiger partial charge in [0.1, 0.15) is 5.75 Å². The van der Waals surface area contributed by atoms with Crippen LogP contribution in [0.4, 0.5) is 0 Å². The van der Waals surface area contributed by atoms with E-state index in [1.54, 1.807) is 7.11 Å². The summed E-state index contributed by atoms with van der Waals surface area (Å²) in [6, 6.07) is 8.66. The Labute approximate surface area is 97.2 Å². The molecule has 3 rings (SSSR count). The SMILES string of the molecule is COc1cccc(C23CCC2CN(C)C3)c1. The number of hydrogen-bond donors (Lipinski definition) is 0. The van der Waals surface area contributed by atoms with Crippen LogP contribution in [0.3, 0.4) is 0 Å². The van der Waals surface area contributed by atoms with Crippen molar-refractivity contribution in [2.24, 2.45) is 5.92 Å². The summed E-state index contributed by atoms with van der Waals surface area (Å²) < 4.78 is 5.33. The zero-order valence-electron chi connectivity index (χ0n) is 10.1. The summed E-state index contributed by atoms with van der Waals surface area (Å²) in [4.78, 5) is 2.47. The highest BCUT2D eigenvalue weighted by atomic mass is 16.5. The van der Waals surface area contributed by atoms with Crippen LogP contribution in [-0.4, -0.2) is 32.1 Å². The number of nitrogens with zero attached hydrogens (tertiary/aromatic N) is 1. The van der Waals surface area contributed by atoms with Crippen LogP contribution in [0, 0.1) is 5.92 Å². The van der Waals surface area contributed by atoms with Gasteiger partial charge in [0, 0.05) is 18.5 Å². The first-order chi connectivity index (χ1) is 7.74. The summed E-state index contributed by atoms with van der Waals surface area (Å²) in [7, 11) is 3.98. The Morgan fingerprint density at radius 2 is 2.31 bits per heavy atom. The summed E-state index contributed by atoms with van der Waals surface area (Å²) in [6.07, 6.45) is 2.73. The average Bonchev–Trinajstić information content (AvgIpc) is 2.53. The van der Waals surface area contributed by atoms with E-state index in [0.29, 0.717) is 5.41 Å². The second kappa shape index (κ2) is 3.49. The fraction of sp³-hybridized carbons (Fsp3) is 0.571. The molecule has 0 spiro atoms. The van der Waals surface area contributed by atoms with Gasteiger partial charge >= 0.3 is 0 Å². The number of ether oxygens (including phenoxy) is 1. The number of likely N-dealkylation sites (tertiary alicyclic amines) is 1. The number of rotatable bonds is 2. The summed E-state index contributed by atoms with van der Waals surface area (Å²) in [5, 5.41) is 0. The molecule has 2 atom stereocenters. The Kier molecular flexibility index (Phi) is 2.21. The lowest BCUT2D eigenvalue weighted by molar-refractivity contribution is 0.181. The summed E-state index contributed by atoms with van der Waals surface area (Å²) >= 11 is 0. The Morgan fingerprint density at radius 3 is 2.94 bits per heavy atom. The molecule has 0 radical (unpaired) electrons. The molecule has 1 saturated carbocycles. The molecule has 1 saturated heterocycles. The smallest absolute Gasteiger partial charge is 0.119 e. The predicted molar refractivity (Wildman–Crippen MR) is 64.9 cm³/mol. The van der Waals surface area contributed by atoms with Crippen LogP contribution < -0.4 is 4.74 Å². The largest absolute Gasteiger partial charge is 0.497 e. The lowest BCUT2D eigenvalue weighted by atomic mass is 9.59. The normalized spacial score (nSPS) is 33.2. The average molecular weight is 217 g/mol. The molecule has 1 aromatic rings. The van der Waals surface area contributed by atoms with Crippen LogP contribution in [0.15, 0.2) is 24.3 Å². The van der Waals surface area contributed by atoms with Crippen LogP contribution in [0.2, 0.25) is 0 Å². The minimum absolute atomic E-state index is 0.434. The van der Waals surface area contributed by atoms with E-state index >= 15 is 0 Å². The highest BCUT2D eigenvalue weighted by molar-refractivity contribution is 5.38. The van der Waals surface area contributed by atoms with Gasteiger partial charge in [0.25, 0.3) is 0 Å². The quantitative estimate of drug-likeness (QED) is 0.753. The standard InChI is InChI=1S/C14H19NO/c1-15-9-12-6-7-14(12,10-15)11-4-3-5-13(8-11)16-2/h3-5,8,12H,6-7,9-10H2,1-2H3. The van der Waals surface area contributed by atoms with E-state index in [1.807, 2.05) is 6.07 Å². The van der Waals surface area contributed by atoms with Crippen molar-refractivity contribution >= 4 is 0 Å². The van der Waals surface area contributed by atoms with Gasteiger partial charge < -0.3 is 9.64 Å². The minimum atomic E-state index is 0.434. The first kappa shape index (κ1) is 10.2. The molecule has 2 heteroatoms. The van der Waals surface area contributed by atoms with E-state index in [9.17, 15) is 0 Å². The second-order valence-electron chi connectivity index (χ2n) is 5.32. The lowest BCUT2D eigenvalue weighted by Crippen LogP contribution is -2.43. The molecule has 2 fully saturated rings. The molecule has 1 aliphatic carbocycles. The van der Waals surface area contributed by atoms with E-state index in [4.69, 9.17) is 4.74 Å². The van der Waals surface area contributed by atoms with Crippen molar-refractivity contribution in [3.63, 3.8) is 0 Å². The topological polar surface area (TPSA) is 12.5 Å². The molecule has 0 amide bonds. The summed E-state index contributed by atoms with van der Waals surface area (Å²) in [6.45, 7) is 2.47. The minimum Gasteiger partial charge on any atom is -0.497 e. The van der Waals surface area contributed by atoms with E-state index in [1.165, 1.54) is 31.5 Å². The van der Waals surface area contributed by atoms with Crippen molar-refractivity contribution < 1.29 is 4.74 Å².